The molecule has 1 heterocycles. The van der Waals surface area contributed by atoms with Gasteiger partial charge in [0.25, 0.3) is 5.56 Å². The minimum atomic E-state index is -0.851. The number of H-pyrrole nitrogens is 1. The topological polar surface area (TPSA) is 95.1 Å². The van der Waals surface area contributed by atoms with Gasteiger partial charge in [-0.15, -0.1) is 0 Å². The van der Waals surface area contributed by atoms with Crippen molar-refractivity contribution >= 4 is 11.8 Å². The van der Waals surface area contributed by atoms with Crippen molar-refractivity contribution in [2.75, 3.05) is 11.9 Å². The second-order valence-corrected chi connectivity index (χ2v) is 5.24. The van der Waals surface area contributed by atoms with Gasteiger partial charge in [-0.2, -0.15) is 0 Å². The lowest BCUT2D eigenvalue weighted by Gasteiger charge is -2.17. The highest BCUT2D eigenvalue weighted by Crippen LogP contribution is 2.13. The molecule has 0 amide bonds. The Morgan fingerprint density at radius 1 is 1.42 bits per heavy atom. The molecule has 0 aliphatic carbocycles. The van der Waals surface area contributed by atoms with Gasteiger partial charge in [0, 0.05) is 18.5 Å². The average molecular weight is 267 g/mol. The van der Waals surface area contributed by atoms with Crippen LogP contribution in [0.1, 0.15) is 39.4 Å². The molecule has 0 spiro atoms. The first kappa shape index (κ1) is 15.2. The second-order valence-electron chi connectivity index (χ2n) is 5.24. The van der Waals surface area contributed by atoms with Crippen LogP contribution in [0.25, 0.3) is 0 Å². The normalized spacial score (nSPS) is 12.7. The van der Waals surface area contributed by atoms with E-state index in [0.29, 0.717) is 11.6 Å². The number of nitrogens with zero attached hydrogens (tertiary/aromatic N) is 1. The van der Waals surface area contributed by atoms with Crippen LogP contribution < -0.4 is 10.9 Å². The largest absolute Gasteiger partial charge is 0.481 e. The molecule has 6 nitrogen and oxygen atoms in total. The predicted molar refractivity (Wildman–Crippen MR) is 73.4 cm³/mol. The Balaban J connectivity index is 2.82. The highest BCUT2D eigenvalue weighted by molar-refractivity contribution is 5.71. The molecule has 0 aromatic carbocycles. The van der Waals surface area contributed by atoms with Crippen LogP contribution in [0.15, 0.2) is 10.9 Å². The lowest BCUT2D eigenvalue weighted by molar-refractivity contribution is -0.142. The fourth-order valence-electron chi connectivity index (χ4n) is 1.66. The summed E-state index contributed by atoms with van der Waals surface area (Å²) in [6, 6.07) is 1.34. The zero-order valence-electron chi connectivity index (χ0n) is 11.7. The van der Waals surface area contributed by atoms with Gasteiger partial charge in [-0.25, -0.2) is 4.98 Å². The summed E-state index contributed by atoms with van der Waals surface area (Å²) in [4.78, 5) is 29.5. The second kappa shape index (κ2) is 6.36. The SMILES string of the molecule is CC(C)c1nc(NCC(C(=O)O)C(C)C)cc(=O)[nH]1. The van der Waals surface area contributed by atoms with Crippen LogP contribution in [0.3, 0.4) is 0 Å². The smallest absolute Gasteiger partial charge is 0.308 e. The summed E-state index contributed by atoms with van der Waals surface area (Å²) >= 11 is 0. The highest BCUT2D eigenvalue weighted by atomic mass is 16.4. The molecule has 0 bridgehead atoms. The maximum atomic E-state index is 11.5. The molecule has 6 heteroatoms. The van der Waals surface area contributed by atoms with Crippen LogP contribution in [-0.2, 0) is 4.79 Å². The molecule has 0 saturated carbocycles. The van der Waals surface area contributed by atoms with Crippen molar-refractivity contribution in [3.05, 3.63) is 22.2 Å². The fourth-order valence-corrected chi connectivity index (χ4v) is 1.66. The Morgan fingerprint density at radius 2 is 2.05 bits per heavy atom. The van der Waals surface area contributed by atoms with Gasteiger partial charge in [-0.05, 0) is 5.92 Å². The third kappa shape index (κ3) is 4.39. The summed E-state index contributed by atoms with van der Waals surface area (Å²) in [5, 5.41) is 12.0. The quantitative estimate of drug-likeness (QED) is 0.728. The van der Waals surface area contributed by atoms with Crippen LogP contribution >= 0.6 is 0 Å². The Hall–Kier alpha value is -1.85. The van der Waals surface area contributed by atoms with E-state index in [4.69, 9.17) is 5.11 Å². The highest BCUT2D eigenvalue weighted by Gasteiger charge is 2.21. The zero-order valence-corrected chi connectivity index (χ0v) is 11.7. The number of aromatic amines is 1. The Bertz CT molecular complexity index is 494. The van der Waals surface area contributed by atoms with E-state index in [2.05, 4.69) is 15.3 Å². The first-order valence-electron chi connectivity index (χ1n) is 6.39. The average Bonchev–Trinajstić information content (AvgIpc) is 2.27. The third-order valence-corrected chi connectivity index (χ3v) is 2.93. The molecule has 19 heavy (non-hydrogen) atoms. The molecular formula is C13H21N3O3. The lowest BCUT2D eigenvalue weighted by Crippen LogP contribution is -2.28. The molecule has 1 rings (SSSR count). The molecule has 106 valence electrons. The van der Waals surface area contributed by atoms with Crippen molar-refractivity contribution in [1.82, 2.24) is 9.97 Å². The van der Waals surface area contributed by atoms with Crippen LogP contribution in [-0.4, -0.2) is 27.6 Å². The van der Waals surface area contributed by atoms with Crippen LogP contribution in [0, 0.1) is 11.8 Å². The van der Waals surface area contributed by atoms with Gasteiger partial charge in [-0.1, -0.05) is 27.7 Å². The number of aromatic nitrogens is 2. The molecule has 1 aromatic heterocycles. The van der Waals surface area contributed by atoms with Gasteiger partial charge in [0.1, 0.15) is 11.6 Å². The first-order valence-corrected chi connectivity index (χ1v) is 6.39. The van der Waals surface area contributed by atoms with Crippen LogP contribution in [0.4, 0.5) is 5.82 Å². The van der Waals surface area contributed by atoms with Gasteiger partial charge in [0.2, 0.25) is 0 Å². The molecule has 0 aliphatic rings. The van der Waals surface area contributed by atoms with E-state index in [0.717, 1.165) is 0 Å². The fraction of sp³-hybridized carbons (Fsp3) is 0.615. The Morgan fingerprint density at radius 3 is 2.53 bits per heavy atom. The van der Waals surface area contributed by atoms with Crippen molar-refractivity contribution in [3.63, 3.8) is 0 Å². The number of hydrogen-bond acceptors (Lipinski definition) is 4. The molecule has 1 unspecified atom stereocenters. The minimum Gasteiger partial charge on any atom is -0.481 e. The molecule has 0 fully saturated rings. The van der Waals surface area contributed by atoms with Crippen molar-refractivity contribution < 1.29 is 9.90 Å². The molecule has 3 N–H and O–H groups in total. The van der Waals surface area contributed by atoms with Crippen molar-refractivity contribution in [2.45, 2.75) is 33.6 Å². The molecule has 0 saturated heterocycles. The Labute approximate surface area is 112 Å². The number of rotatable bonds is 6. The van der Waals surface area contributed by atoms with E-state index >= 15 is 0 Å². The van der Waals surface area contributed by atoms with E-state index in [9.17, 15) is 9.59 Å². The number of hydrogen-bond donors (Lipinski definition) is 3. The van der Waals surface area contributed by atoms with E-state index in [1.165, 1.54) is 6.07 Å². The third-order valence-electron chi connectivity index (χ3n) is 2.93. The first-order chi connectivity index (χ1) is 8.81. The monoisotopic (exact) mass is 267 g/mol. The number of aliphatic carboxylic acids is 1. The van der Waals surface area contributed by atoms with Gasteiger partial charge >= 0.3 is 5.97 Å². The number of nitrogens with one attached hydrogen (secondary N) is 2. The predicted octanol–water partition coefficient (Wildman–Crippen LogP) is 1.66. The number of carboxylic acid groups (broad SMARTS) is 1. The molecule has 1 atom stereocenters. The van der Waals surface area contributed by atoms with Crippen LogP contribution in [0.2, 0.25) is 0 Å². The number of anilines is 1. The molecular weight excluding hydrogens is 246 g/mol. The maximum absolute atomic E-state index is 11.5. The molecule has 0 aliphatic heterocycles. The summed E-state index contributed by atoms with van der Waals surface area (Å²) in [6.07, 6.45) is 0. The number of carboxylic acids is 1. The maximum Gasteiger partial charge on any atom is 0.308 e. The summed E-state index contributed by atoms with van der Waals surface area (Å²) in [5.74, 6) is -0.239. The van der Waals surface area contributed by atoms with Gasteiger partial charge < -0.3 is 15.4 Å². The Kier molecular flexibility index (Phi) is 5.09. The summed E-state index contributed by atoms with van der Waals surface area (Å²) in [5.41, 5.74) is -0.238. The van der Waals surface area contributed by atoms with E-state index < -0.39 is 11.9 Å². The summed E-state index contributed by atoms with van der Waals surface area (Å²) < 4.78 is 0. The lowest BCUT2D eigenvalue weighted by atomic mass is 9.96. The van der Waals surface area contributed by atoms with E-state index in [-0.39, 0.29) is 23.9 Å². The van der Waals surface area contributed by atoms with Crippen molar-refractivity contribution in [3.8, 4) is 0 Å². The van der Waals surface area contributed by atoms with Crippen molar-refractivity contribution in [2.24, 2.45) is 11.8 Å². The summed E-state index contributed by atoms with van der Waals surface area (Å²) in [7, 11) is 0. The van der Waals surface area contributed by atoms with Gasteiger partial charge in [0.05, 0.1) is 5.92 Å². The molecule has 0 radical (unpaired) electrons. The standard InChI is InChI=1S/C13H21N3O3/c1-7(2)9(13(18)19)6-14-10-5-11(17)16-12(15-10)8(3)4/h5,7-9H,6H2,1-4H3,(H,18,19)(H2,14,15,16,17). The number of carbonyl (C=O) groups is 1. The van der Waals surface area contributed by atoms with Gasteiger partial charge in [0.15, 0.2) is 0 Å². The van der Waals surface area contributed by atoms with Crippen molar-refractivity contribution in [1.29, 1.82) is 0 Å². The van der Waals surface area contributed by atoms with Gasteiger partial charge in [-0.3, -0.25) is 9.59 Å². The van der Waals surface area contributed by atoms with Crippen LogP contribution in [0.5, 0.6) is 0 Å². The summed E-state index contributed by atoms with van der Waals surface area (Å²) in [6.45, 7) is 7.81. The zero-order chi connectivity index (χ0) is 14.6. The van der Waals surface area contributed by atoms with E-state index in [1.54, 1.807) is 0 Å². The minimum absolute atomic E-state index is 0.0107. The molecule has 1 aromatic rings. The van der Waals surface area contributed by atoms with E-state index in [1.807, 2.05) is 27.7 Å².